The second-order valence-corrected chi connectivity index (χ2v) is 3.33. The number of alkyl halides is 1. The van der Waals surface area contributed by atoms with E-state index in [-0.39, 0.29) is 0 Å². The molecular weight excluding hydrogens is 194 g/mol. The van der Waals surface area contributed by atoms with Gasteiger partial charge in [0.25, 0.3) is 0 Å². The molecule has 0 saturated heterocycles. The van der Waals surface area contributed by atoms with Gasteiger partial charge in [0, 0.05) is 12.6 Å². The molecule has 1 heterocycles. The minimum Gasteiger partial charge on any atom is -0.500 e. The van der Waals surface area contributed by atoms with Crippen molar-refractivity contribution in [2.24, 2.45) is 4.99 Å². The van der Waals surface area contributed by atoms with Crippen LogP contribution in [0.15, 0.2) is 17.0 Å². The Morgan fingerprint density at radius 1 is 1.80 bits per heavy atom. The van der Waals surface area contributed by atoms with E-state index in [0.717, 1.165) is 18.6 Å². The zero-order chi connectivity index (χ0) is 7.40. The van der Waals surface area contributed by atoms with Crippen molar-refractivity contribution in [3.63, 3.8) is 0 Å². The van der Waals surface area contributed by atoms with Gasteiger partial charge in [0.1, 0.15) is 5.76 Å². The van der Waals surface area contributed by atoms with Gasteiger partial charge < -0.3 is 4.74 Å². The zero-order valence-corrected chi connectivity index (χ0v) is 7.47. The number of allylic oxidation sites excluding steroid dienone is 1. The van der Waals surface area contributed by atoms with E-state index >= 15 is 0 Å². The molecule has 0 fully saturated rings. The first-order valence-corrected chi connectivity index (χ1v) is 4.15. The van der Waals surface area contributed by atoms with Crippen molar-refractivity contribution >= 4 is 22.1 Å². The first-order chi connectivity index (χ1) is 4.83. The van der Waals surface area contributed by atoms with Crippen molar-refractivity contribution in [2.75, 3.05) is 7.11 Å². The number of aliphatic imine (C=N–C) groups is 1. The summed E-state index contributed by atoms with van der Waals surface area (Å²) in [5, 5.41) is 0. The maximum atomic E-state index is 5.05. The summed E-state index contributed by atoms with van der Waals surface area (Å²) in [6.45, 7) is 0. The van der Waals surface area contributed by atoms with Gasteiger partial charge in [-0.15, -0.1) is 0 Å². The maximum absolute atomic E-state index is 5.05. The largest absolute Gasteiger partial charge is 0.500 e. The first kappa shape index (κ1) is 7.79. The van der Waals surface area contributed by atoms with E-state index in [0.29, 0.717) is 4.83 Å². The number of nitrogens with zero attached hydrogens (tertiary/aromatic N) is 1. The van der Waals surface area contributed by atoms with Gasteiger partial charge in [-0.05, 0) is 6.42 Å². The van der Waals surface area contributed by atoms with Crippen LogP contribution in [0.5, 0.6) is 0 Å². The molecular formula is C7H10BrNO. The summed E-state index contributed by atoms with van der Waals surface area (Å²) < 4.78 is 5.05. The molecule has 56 valence electrons. The highest BCUT2D eigenvalue weighted by molar-refractivity contribution is 9.09. The molecule has 0 aromatic carbocycles. The highest BCUT2D eigenvalue weighted by Crippen LogP contribution is 2.15. The van der Waals surface area contributed by atoms with Crippen LogP contribution < -0.4 is 0 Å². The third kappa shape index (κ3) is 2.14. The molecule has 10 heavy (non-hydrogen) atoms. The average molecular weight is 204 g/mol. The number of hydrogen-bond donors (Lipinski definition) is 0. The summed E-state index contributed by atoms with van der Waals surface area (Å²) in [6.07, 6.45) is 5.67. The number of halogens is 1. The molecule has 0 aliphatic carbocycles. The Kier molecular flexibility index (Phi) is 2.93. The summed E-state index contributed by atoms with van der Waals surface area (Å²) in [5.74, 6) is 0.957. The van der Waals surface area contributed by atoms with Crippen LogP contribution in [0.2, 0.25) is 0 Å². The van der Waals surface area contributed by atoms with Crippen molar-refractivity contribution < 1.29 is 4.74 Å². The Hall–Kier alpha value is -0.310. The SMILES string of the molecule is COC1=CN=CC(Br)CC1. The third-order valence-electron chi connectivity index (χ3n) is 1.40. The van der Waals surface area contributed by atoms with Crippen molar-refractivity contribution in [3.05, 3.63) is 12.0 Å². The van der Waals surface area contributed by atoms with E-state index in [4.69, 9.17) is 4.74 Å². The lowest BCUT2D eigenvalue weighted by molar-refractivity contribution is 0.275. The number of hydrogen-bond acceptors (Lipinski definition) is 2. The van der Waals surface area contributed by atoms with Crippen molar-refractivity contribution in [2.45, 2.75) is 17.7 Å². The first-order valence-electron chi connectivity index (χ1n) is 3.23. The maximum Gasteiger partial charge on any atom is 0.114 e. The summed E-state index contributed by atoms with van der Waals surface area (Å²) in [7, 11) is 1.68. The molecule has 2 nitrogen and oxygen atoms in total. The Balaban J connectivity index is 2.52. The fraction of sp³-hybridized carbons (Fsp3) is 0.571. The molecule has 3 heteroatoms. The molecule has 0 bridgehead atoms. The quantitative estimate of drug-likeness (QED) is 0.599. The second-order valence-electron chi connectivity index (χ2n) is 2.15. The fourth-order valence-electron chi connectivity index (χ4n) is 0.794. The molecule has 1 atom stereocenters. The van der Waals surface area contributed by atoms with Crippen LogP contribution in [0.25, 0.3) is 0 Å². The molecule has 0 radical (unpaired) electrons. The lowest BCUT2D eigenvalue weighted by atomic mass is 10.2. The lowest BCUT2D eigenvalue weighted by Gasteiger charge is -2.02. The molecule has 0 spiro atoms. The van der Waals surface area contributed by atoms with Crippen LogP contribution in [0, 0.1) is 0 Å². The normalized spacial score (nSPS) is 25.4. The molecule has 1 aliphatic heterocycles. The van der Waals surface area contributed by atoms with Gasteiger partial charge in [-0.3, -0.25) is 4.99 Å². The second kappa shape index (κ2) is 3.76. The van der Waals surface area contributed by atoms with Crippen LogP contribution in [-0.2, 0) is 4.74 Å². The lowest BCUT2D eigenvalue weighted by Crippen LogP contribution is -1.97. The summed E-state index contributed by atoms with van der Waals surface area (Å²) in [4.78, 5) is 4.44. The van der Waals surface area contributed by atoms with Gasteiger partial charge in [0.2, 0.25) is 0 Å². The van der Waals surface area contributed by atoms with Crippen LogP contribution in [0.3, 0.4) is 0 Å². The minimum absolute atomic E-state index is 0.399. The minimum atomic E-state index is 0.399. The highest BCUT2D eigenvalue weighted by atomic mass is 79.9. The van der Waals surface area contributed by atoms with Crippen molar-refractivity contribution in [1.29, 1.82) is 0 Å². The van der Waals surface area contributed by atoms with Crippen molar-refractivity contribution in [1.82, 2.24) is 0 Å². The van der Waals surface area contributed by atoms with Crippen LogP contribution in [0.4, 0.5) is 0 Å². The molecule has 0 amide bonds. The van der Waals surface area contributed by atoms with Gasteiger partial charge in [0.05, 0.1) is 18.1 Å². The third-order valence-corrected chi connectivity index (χ3v) is 2.09. The number of ether oxygens (including phenoxy) is 1. The highest BCUT2D eigenvalue weighted by Gasteiger charge is 2.05. The smallest absolute Gasteiger partial charge is 0.114 e. The van der Waals surface area contributed by atoms with Gasteiger partial charge in [-0.1, -0.05) is 15.9 Å². The van der Waals surface area contributed by atoms with E-state index in [1.165, 1.54) is 0 Å². The van der Waals surface area contributed by atoms with Gasteiger partial charge in [0.15, 0.2) is 0 Å². The summed E-state index contributed by atoms with van der Waals surface area (Å²) in [6, 6.07) is 0. The van der Waals surface area contributed by atoms with Gasteiger partial charge >= 0.3 is 0 Å². The molecule has 0 aromatic heterocycles. The number of methoxy groups -OCH3 is 1. The average Bonchev–Trinajstić information content (AvgIpc) is 2.14. The monoisotopic (exact) mass is 203 g/mol. The van der Waals surface area contributed by atoms with E-state index in [1.54, 1.807) is 13.3 Å². The van der Waals surface area contributed by atoms with E-state index < -0.39 is 0 Å². The van der Waals surface area contributed by atoms with Gasteiger partial charge in [-0.2, -0.15) is 0 Å². The predicted molar refractivity (Wildman–Crippen MR) is 45.5 cm³/mol. The number of rotatable bonds is 1. The van der Waals surface area contributed by atoms with E-state index in [1.807, 2.05) is 6.21 Å². The fourth-order valence-corrected chi connectivity index (χ4v) is 1.16. The molecule has 1 aliphatic rings. The molecule has 0 N–H and O–H groups in total. The van der Waals surface area contributed by atoms with Crippen LogP contribution in [-0.4, -0.2) is 18.2 Å². The van der Waals surface area contributed by atoms with Crippen molar-refractivity contribution in [3.8, 4) is 0 Å². The Labute approximate surface area is 69.1 Å². The van der Waals surface area contributed by atoms with Gasteiger partial charge in [-0.25, -0.2) is 0 Å². The van der Waals surface area contributed by atoms with Crippen LogP contribution in [0.1, 0.15) is 12.8 Å². The summed E-state index contributed by atoms with van der Waals surface area (Å²) in [5.41, 5.74) is 0. The summed E-state index contributed by atoms with van der Waals surface area (Å²) >= 11 is 3.46. The van der Waals surface area contributed by atoms with E-state index in [2.05, 4.69) is 20.9 Å². The molecule has 1 rings (SSSR count). The van der Waals surface area contributed by atoms with E-state index in [9.17, 15) is 0 Å². The Bertz CT molecular complexity index is 165. The molecule has 1 unspecified atom stereocenters. The molecule has 0 saturated carbocycles. The zero-order valence-electron chi connectivity index (χ0n) is 5.88. The molecule has 0 aromatic rings. The topological polar surface area (TPSA) is 21.6 Å². The standard InChI is InChI=1S/C7H10BrNO/c1-10-7-3-2-6(8)4-9-5-7/h4-6H,2-3H2,1H3. The predicted octanol–water partition coefficient (Wildman–Crippen LogP) is 2.10. The Morgan fingerprint density at radius 2 is 2.60 bits per heavy atom. The van der Waals surface area contributed by atoms with Crippen LogP contribution >= 0.6 is 15.9 Å². The Morgan fingerprint density at radius 3 is 3.30 bits per heavy atom.